The van der Waals surface area contributed by atoms with Crippen molar-refractivity contribution < 1.29 is 13.2 Å². The van der Waals surface area contributed by atoms with Crippen molar-refractivity contribution in [2.75, 3.05) is 17.2 Å². The minimum Gasteiger partial charge on any atom is -0.311 e. The molecule has 1 unspecified atom stereocenters. The molecule has 0 aliphatic carbocycles. The third kappa shape index (κ3) is 3.71. The van der Waals surface area contributed by atoms with Crippen molar-refractivity contribution in [3.8, 4) is 0 Å². The first-order valence-corrected chi connectivity index (χ1v) is 9.16. The zero-order valence-corrected chi connectivity index (χ0v) is 13.8. The van der Waals surface area contributed by atoms with Gasteiger partial charge < -0.3 is 4.90 Å². The van der Waals surface area contributed by atoms with Crippen LogP contribution in [0.2, 0.25) is 15.1 Å². The van der Waals surface area contributed by atoms with E-state index in [0.717, 1.165) is 0 Å². The summed E-state index contributed by atoms with van der Waals surface area (Å²) in [7, 11) is 1.56. The number of hydrogen-bond acceptors (Lipinski definition) is 3. The molecule has 0 N–H and O–H groups in total. The lowest BCUT2D eigenvalue weighted by Gasteiger charge is -2.18. The van der Waals surface area contributed by atoms with E-state index in [9.17, 15) is 13.2 Å². The van der Waals surface area contributed by atoms with Crippen molar-refractivity contribution in [3.05, 3.63) is 27.2 Å². The van der Waals surface area contributed by atoms with Crippen LogP contribution in [0.4, 0.5) is 5.69 Å². The van der Waals surface area contributed by atoms with Crippen molar-refractivity contribution in [1.29, 1.82) is 0 Å². The Bertz CT molecular complexity index is 662. The summed E-state index contributed by atoms with van der Waals surface area (Å²) in [6, 6.07) is 2.93. The second-order valence-electron chi connectivity index (χ2n) is 4.50. The topological polar surface area (TPSA) is 54.5 Å². The molecule has 1 saturated heterocycles. The highest BCUT2D eigenvalue weighted by molar-refractivity contribution is 8.13. The number of amides is 1. The Morgan fingerprint density at radius 3 is 2.35 bits per heavy atom. The fourth-order valence-electron chi connectivity index (χ4n) is 2.13. The summed E-state index contributed by atoms with van der Waals surface area (Å²) in [5, 5.41) is 0.835. The van der Waals surface area contributed by atoms with E-state index in [1.807, 2.05) is 0 Å². The highest BCUT2D eigenvalue weighted by atomic mass is 35.7. The predicted molar refractivity (Wildman–Crippen MR) is 81.6 cm³/mol. The Balaban J connectivity index is 2.26. The molecule has 20 heavy (non-hydrogen) atoms. The van der Waals surface area contributed by atoms with Gasteiger partial charge in [-0.2, -0.15) is 0 Å². The Labute approximate surface area is 136 Å². The Morgan fingerprint density at radius 2 is 1.75 bits per heavy atom. The number of carbonyl (C=O) groups excluding carboxylic acids is 1. The van der Waals surface area contributed by atoms with Crippen molar-refractivity contribution in [3.63, 3.8) is 0 Å². The largest absolute Gasteiger partial charge is 0.311 e. The first-order chi connectivity index (χ1) is 9.17. The molecule has 0 bridgehead atoms. The van der Waals surface area contributed by atoms with Gasteiger partial charge in [0.15, 0.2) is 0 Å². The third-order valence-corrected chi connectivity index (χ3v) is 5.19. The molecular weight excluding hydrogens is 368 g/mol. The van der Waals surface area contributed by atoms with Crippen LogP contribution < -0.4 is 4.90 Å². The number of halogens is 4. The van der Waals surface area contributed by atoms with Crippen LogP contribution in [0.5, 0.6) is 0 Å². The number of hydrogen-bond donors (Lipinski definition) is 0. The van der Waals surface area contributed by atoms with Gasteiger partial charge in [0.1, 0.15) is 0 Å². The number of benzene rings is 1. The summed E-state index contributed by atoms with van der Waals surface area (Å²) >= 11 is 17.8. The molecule has 0 aromatic heterocycles. The van der Waals surface area contributed by atoms with E-state index in [2.05, 4.69) is 0 Å². The maximum atomic E-state index is 12.0. The van der Waals surface area contributed by atoms with Crippen LogP contribution >= 0.6 is 45.5 Å². The lowest BCUT2D eigenvalue weighted by atomic mass is 10.1. The van der Waals surface area contributed by atoms with Gasteiger partial charge in [-0.15, -0.1) is 0 Å². The molecule has 1 atom stereocenters. The predicted octanol–water partition coefficient (Wildman–Crippen LogP) is 3.57. The smallest absolute Gasteiger partial charge is 0.232 e. The summed E-state index contributed by atoms with van der Waals surface area (Å²) in [6.07, 6.45) is 0.0997. The maximum Gasteiger partial charge on any atom is 0.232 e. The third-order valence-electron chi connectivity index (χ3n) is 2.92. The van der Waals surface area contributed by atoms with Gasteiger partial charge in [0.05, 0.1) is 26.5 Å². The normalized spacial score (nSPS) is 19.7. The van der Waals surface area contributed by atoms with Crippen LogP contribution in [0.1, 0.15) is 6.42 Å². The van der Waals surface area contributed by atoms with Gasteiger partial charge in [0, 0.05) is 29.6 Å². The second kappa shape index (κ2) is 5.89. The monoisotopic (exact) mass is 375 g/mol. The fourth-order valence-corrected chi connectivity index (χ4v) is 4.09. The number of nitrogens with zero attached hydrogens (tertiary/aromatic N) is 1. The van der Waals surface area contributed by atoms with Crippen LogP contribution in [-0.2, 0) is 13.8 Å². The molecule has 1 heterocycles. The molecule has 1 aliphatic rings. The van der Waals surface area contributed by atoms with E-state index in [1.165, 1.54) is 17.0 Å². The van der Waals surface area contributed by atoms with E-state index in [1.54, 1.807) is 0 Å². The van der Waals surface area contributed by atoms with Crippen LogP contribution in [0, 0.1) is 5.92 Å². The minimum atomic E-state index is -3.65. The van der Waals surface area contributed by atoms with E-state index < -0.39 is 9.05 Å². The van der Waals surface area contributed by atoms with Crippen molar-refractivity contribution in [2.45, 2.75) is 6.42 Å². The number of carbonyl (C=O) groups is 1. The summed E-state index contributed by atoms with van der Waals surface area (Å²) in [5.74, 6) is -0.846. The average Bonchev–Trinajstić information content (AvgIpc) is 2.62. The summed E-state index contributed by atoms with van der Waals surface area (Å²) in [6.45, 7) is 0.225. The zero-order chi connectivity index (χ0) is 15.1. The molecular formula is C11H9Cl4NO3S. The van der Waals surface area contributed by atoms with Gasteiger partial charge in [0.2, 0.25) is 15.0 Å². The summed E-state index contributed by atoms with van der Waals surface area (Å²) in [5.41, 5.74) is 0.417. The van der Waals surface area contributed by atoms with Crippen LogP contribution in [0.15, 0.2) is 12.1 Å². The Hall–Kier alpha value is -0.200. The van der Waals surface area contributed by atoms with Crippen molar-refractivity contribution in [2.24, 2.45) is 5.92 Å². The molecule has 0 saturated carbocycles. The number of rotatable bonds is 3. The molecule has 1 amide bonds. The lowest BCUT2D eigenvalue weighted by molar-refractivity contribution is -0.117. The quantitative estimate of drug-likeness (QED) is 0.598. The fraction of sp³-hybridized carbons (Fsp3) is 0.364. The summed E-state index contributed by atoms with van der Waals surface area (Å²) < 4.78 is 22.1. The van der Waals surface area contributed by atoms with Gasteiger partial charge in [-0.3, -0.25) is 4.79 Å². The first-order valence-electron chi connectivity index (χ1n) is 5.54. The van der Waals surface area contributed by atoms with E-state index in [0.29, 0.717) is 5.69 Å². The molecule has 1 aromatic carbocycles. The molecule has 1 fully saturated rings. The highest BCUT2D eigenvalue weighted by Gasteiger charge is 2.34. The first kappa shape index (κ1) is 16.2. The van der Waals surface area contributed by atoms with Crippen molar-refractivity contribution in [1.82, 2.24) is 0 Å². The molecule has 0 spiro atoms. The molecule has 2 rings (SSSR count). The molecule has 0 radical (unpaired) electrons. The summed E-state index contributed by atoms with van der Waals surface area (Å²) in [4.78, 5) is 13.4. The molecule has 9 heteroatoms. The standard InChI is InChI=1S/C11H9Cl4NO3S/c12-7-2-9(14)10(3-8(7)13)16-4-6(1-11(16)17)5-20(15,18)19/h2-3,6H,1,4-5H2. The Morgan fingerprint density at radius 1 is 1.15 bits per heavy atom. The van der Waals surface area contributed by atoms with Crippen LogP contribution in [-0.4, -0.2) is 26.6 Å². The van der Waals surface area contributed by atoms with Crippen LogP contribution in [0.3, 0.4) is 0 Å². The van der Waals surface area contributed by atoms with E-state index >= 15 is 0 Å². The lowest BCUT2D eigenvalue weighted by Crippen LogP contribution is -2.25. The average molecular weight is 377 g/mol. The highest BCUT2D eigenvalue weighted by Crippen LogP contribution is 2.37. The minimum absolute atomic E-state index is 0.0997. The van der Waals surface area contributed by atoms with Gasteiger partial charge >= 0.3 is 0 Å². The van der Waals surface area contributed by atoms with E-state index in [-0.39, 0.29) is 45.6 Å². The molecule has 1 aliphatic heterocycles. The van der Waals surface area contributed by atoms with E-state index in [4.69, 9.17) is 45.5 Å². The second-order valence-corrected chi connectivity index (χ2v) is 8.54. The zero-order valence-electron chi connectivity index (χ0n) is 9.95. The van der Waals surface area contributed by atoms with Gasteiger partial charge in [0.25, 0.3) is 0 Å². The SMILES string of the molecule is O=C1CC(CS(=O)(=O)Cl)CN1c1cc(Cl)c(Cl)cc1Cl. The Kier molecular flexibility index (Phi) is 4.76. The molecule has 110 valence electrons. The van der Waals surface area contributed by atoms with Crippen molar-refractivity contribution >= 4 is 66.1 Å². The number of anilines is 1. The molecule has 4 nitrogen and oxygen atoms in total. The van der Waals surface area contributed by atoms with Gasteiger partial charge in [-0.25, -0.2) is 8.42 Å². The van der Waals surface area contributed by atoms with Gasteiger partial charge in [-0.1, -0.05) is 34.8 Å². The van der Waals surface area contributed by atoms with Crippen LogP contribution in [0.25, 0.3) is 0 Å². The van der Waals surface area contributed by atoms with Gasteiger partial charge in [-0.05, 0) is 12.1 Å². The maximum absolute atomic E-state index is 12.0. The molecule has 1 aromatic rings.